The van der Waals surface area contributed by atoms with Crippen molar-refractivity contribution >= 4 is 18.3 Å². The third-order valence-electron chi connectivity index (χ3n) is 2.95. The maximum Gasteiger partial charge on any atom is 0.270 e. The summed E-state index contributed by atoms with van der Waals surface area (Å²) in [6.45, 7) is 1.68. The van der Waals surface area contributed by atoms with E-state index < -0.39 is 0 Å². The van der Waals surface area contributed by atoms with Crippen LogP contribution in [0.25, 0.3) is 0 Å². The lowest BCUT2D eigenvalue weighted by molar-refractivity contribution is 0.0693. The van der Waals surface area contributed by atoms with Crippen molar-refractivity contribution in [3.05, 3.63) is 24.0 Å². The monoisotopic (exact) mass is 243 g/mol. The van der Waals surface area contributed by atoms with Gasteiger partial charge in [0.2, 0.25) is 0 Å². The van der Waals surface area contributed by atoms with Gasteiger partial charge in [-0.2, -0.15) is 0 Å². The minimum Gasteiger partial charge on any atom is -0.357 e. The van der Waals surface area contributed by atoms with Crippen molar-refractivity contribution in [1.29, 1.82) is 0 Å². The predicted octanol–water partition coefficient (Wildman–Crippen LogP) is 1.26. The zero-order chi connectivity index (χ0) is 10.7. The molecule has 1 aromatic heterocycles. The van der Waals surface area contributed by atoms with Gasteiger partial charge in [0.05, 0.1) is 0 Å². The summed E-state index contributed by atoms with van der Waals surface area (Å²) in [7, 11) is 1.95. The molecule has 1 aliphatic heterocycles. The average molecular weight is 244 g/mol. The SMILES string of the molecule is CNC1CCCN(C(=O)c2ccc[nH]2)C1.Cl. The molecule has 0 radical (unpaired) electrons. The topological polar surface area (TPSA) is 48.1 Å². The highest BCUT2D eigenvalue weighted by Gasteiger charge is 2.23. The van der Waals surface area contributed by atoms with E-state index in [1.54, 1.807) is 6.20 Å². The van der Waals surface area contributed by atoms with Crippen LogP contribution in [-0.2, 0) is 0 Å². The van der Waals surface area contributed by atoms with Gasteiger partial charge in [-0.05, 0) is 32.0 Å². The van der Waals surface area contributed by atoms with Crippen molar-refractivity contribution in [3.8, 4) is 0 Å². The molecule has 1 amide bonds. The summed E-state index contributed by atoms with van der Waals surface area (Å²) < 4.78 is 0. The fourth-order valence-corrected chi connectivity index (χ4v) is 2.03. The van der Waals surface area contributed by atoms with Crippen molar-refractivity contribution in [1.82, 2.24) is 15.2 Å². The number of likely N-dealkylation sites (N-methyl/N-ethyl adjacent to an activating group) is 1. The largest absolute Gasteiger partial charge is 0.357 e. The lowest BCUT2D eigenvalue weighted by Crippen LogP contribution is -2.47. The number of hydrogen-bond donors (Lipinski definition) is 2. The van der Waals surface area contributed by atoms with Crippen LogP contribution in [0.3, 0.4) is 0 Å². The first-order valence-corrected chi connectivity index (χ1v) is 5.41. The number of piperidine rings is 1. The van der Waals surface area contributed by atoms with E-state index in [1.165, 1.54) is 0 Å². The Hall–Kier alpha value is -1.00. The maximum absolute atomic E-state index is 12.0. The maximum atomic E-state index is 12.0. The second-order valence-corrected chi connectivity index (χ2v) is 3.96. The van der Waals surface area contributed by atoms with Gasteiger partial charge >= 0.3 is 0 Å². The predicted molar refractivity (Wildman–Crippen MR) is 66.0 cm³/mol. The van der Waals surface area contributed by atoms with Crippen LogP contribution in [0.15, 0.2) is 18.3 Å². The van der Waals surface area contributed by atoms with E-state index in [0.717, 1.165) is 25.9 Å². The molecule has 1 aromatic rings. The van der Waals surface area contributed by atoms with Gasteiger partial charge in [0.15, 0.2) is 0 Å². The molecule has 5 heteroatoms. The summed E-state index contributed by atoms with van der Waals surface area (Å²) >= 11 is 0. The highest BCUT2D eigenvalue weighted by Crippen LogP contribution is 2.12. The molecular formula is C11H18ClN3O. The Balaban J connectivity index is 0.00000128. The van der Waals surface area contributed by atoms with Gasteiger partial charge in [-0.15, -0.1) is 12.4 Å². The van der Waals surface area contributed by atoms with Crippen molar-refractivity contribution in [3.63, 3.8) is 0 Å². The normalized spacial score (nSPS) is 20.3. The standard InChI is InChI=1S/C11H17N3O.ClH/c1-12-9-4-3-7-14(8-9)11(15)10-5-2-6-13-10;/h2,5-6,9,12-13H,3-4,7-8H2,1H3;1H. The number of hydrogen-bond acceptors (Lipinski definition) is 2. The Morgan fingerprint density at radius 1 is 1.62 bits per heavy atom. The van der Waals surface area contributed by atoms with Gasteiger partial charge < -0.3 is 15.2 Å². The Labute approximate surface area is 102 Å². The Bertz CT molecular complexity index is 326. The molecule has 4 nitrogen and oxygen atoms in total. The number of amides is 1. The Morgan fingerprint density at radius 3 is 3.06 bits per heavy atom. The van der Waals surface area contributed by atoms with Gasteiger partial charge in [-0.25, -0.2) is 0 Å². The van der Waals surface area contributed by atoms with Crippen LogP contribution < -0.4 is 5.32 Å². The fraction of sp³-hybridized carbons (Fsp3) is 0.545. The summed E-state index contributed by atoms with van der Waals surface area (Å²) in [5.41, 5.74) is 0.687. The Morgan fingerprint density at radius 2 is 2.44 bits per heavy atom. The molecule has 0 bridgehead atoms. The molecule has 16 heavy (non-hydrogen) atoms. The third kappa shape index (κ3) is 2.77. The first-order chi connectivity index (χ1) is 7.31. The van der Waals surface area contributed by atoms with E-state index in [1.807, 2.05) is 24.1 Å². The smallest absolute Gasteiger partial charge is 0.270 e. The minimum absolute atomic E-state index is 0. The lowest BCUT2D eigenvalue weighted by atomic mass is 10.1. The quantitative estimate of drug-likeness (QED) is 0.822. The highest BCUT2D eigenvalue weighted by atomic mass is 35.5. The van der Waals surface area contributed by atoms with Crippen molar-refractivity contribution in [2.75, 3.05) is 20.1 Å². The number of carbonyl (C=O) groups is 1. The van der Waals surface area contributed by atoms with Crippen LogP contribution in [0.5, 0.6) is 0 Å². The number of nitrogens with zero attached hydrogens (tertiary/aromatic N) is 1. The lowest BCUT2D eigenvalue weighted by Gasteiger charge is -2.32. The first kappa shape index (κ1) is 13.1. The summed E-state index contributed by atoms with van der Waals surface area (Å²) in [6, 6.07) is 4.12. The summed E-state index contributed by atoms with van der Waals surface area (Å²) in [5.74, 6) is 0.111. The molecule has 90 valence electrons. The Kier molecular flexibility index (Phi) is 4.83. The number of H-pyrrole nitrogens is 1. The van der Waals surface area contributed by atoms with Gasteiger partial charge in [-0.3, -0.25) is 4.79 Å². The number of likely N-dealkylation sites (tertiary alicyclic amines) is 1. The number of halogens is 1. The highest BCUT2D eigenvalue weighted by molar-refractivity contribution is 5.92. The molecule has 1 atom stereocenters. The number of aromatic amines is 1. The van der Waals surface area contributed by atoms with E-state index >= 15 is 0 Å². The molecule has 1 unspecified atom stereocenters. The van der Waals surface area contributed by atoms with Crippen molar-refractivity contribution in [2.24, 2.45) is 0 Å². The van der Waals surface area contributed by atoms with E-state index in [0.29, 0.717) is 11.7 Å². The van der Waals surface area contributed by atoms with Crippen LogP contribution in [0.1, 0.15) is 23.3 Å². The molecule has 0 aliphatic carbocycles. The summed E-state index contributed by atoms with van der Waals surface area (Å²) in [4.78, 5) is 16.9. The first-order valence-electron chi connectivity index (χ1n) is 5.41. The van der Waals surface area contributed by atoms with Crippen LogP contribution in [-0.4, -0.2) is 42.0 Å². The van der Waals surface area contributed by atoms with E-state index in [2.05, 4.69) is 10.3 Å². The van der Waals surface area contributed by atoms with Gasteiger partial charge in [0, 0.05) is 25.3 Å². The molecule has 2 rings (SSSR count). The molecule has 2 heterocycles. The zero-order valence-electron chi connectivity index (χ0n) is 9.40. The molecular weight excluding hydrogens is 226 g/mol. The zero-order valence-corrected chi connectivity index (χ0v) is 10.2. The van der Waals surface area contributed by atoms with Crippen LogP contribution >= 0.6 is 12.4 Å². The van der Waals surface area contributed by atoms with E-state index in [4.69, 9.17) is 0 Å². The van der Waals surface area contributed by atoms with E-state index in [9.17, 15) is 4.79 Å². The van der Waals surface area contributed by atoms with Crippen molar-refractivity contribution < 1.29 is 4.79 Å². The molecule has 2 N–H and O–H groups in total. The average Bonchev–Trinajstić information content (AvgIpc) is 2.81. The molecule has 1 aliphatic rings. The second-order valence-electron chi connectivity index (χ2n) is 3.96. The number of rotatable bonds is 2. The van der Waals surface area contributed by atoms with Crippen LogP contribution in [0, 0.1) is 0 Å². The third-order valence-corrected chi connectivity index (χ3v) is 2.95. The minimum atomic E-state index is 0. The number of carbonyl (C=O) groups excluding carboxylic acids is 1. The molecule has 0 saturated carbocycles. The van der Waals surface area contributed by atoms with Gasteiger partial charge in [0.25, 0.3) is 5.91 Å². The number of aromatic nitrogens is 1. The molecule has 1 saturated heterocycles. The summed E-state index contributed by atoms with van der Waals surface area (Å²) in [6.07, 6.45) is 4.02. The van der Waals surface area contributed by atoms with Gasteiger partial charge in [-0.1, -0.05) is 0 Å². The van der Waals surface area contributed by atoms with Crippen LogP contribution in [0.2, 0.25) is 0 Å². The second kappa shape index (κ2) is 5.92. The molecule has 0 aromatic carbocycles. The molecule has 1 fully saturated rings. The van der Waals surface area contributed by atoms with Crippen molar-refractivity contribution in [2.45, 2.75) is 18.9 Å². The van der Waals surface area contributed by atoms with Gasteiger partial charge in [0.1, 0.15) is 5.69 Å². The van der Waals surface area contributed by atoms with Crippen LogP contribution in [0.4, 0.5) is 0 Å². The number of nitrogens with one attached hydrogen (secondary N) is 2. The summed E-state index contributed by atoms with van der Waals surface area (Å²) in [5, 5.41) is 3.23. The van der Waals surface area contributed by atoms with E-state index in [-0.39, 0.29) is 18.3 Å². The fourth-order valence-electron chi connectivity index (χ4n) is 2.03. The molecule has 0 spiro atoms.